The van der Waals surface area contributed by atoms with Gasteiger partial charge < -0.3 is 10.1 Å². The molecule has 1 aromatic carbocycles. The minimum atomic E-state index is 0.240. The van der Waals surface area contributed by atoms with Crippen molar-refractivity contribution < 1.29 is 4.74 Å². The second-order valence-electron chi connectivity index (χ2n) is 4.92. The van der Waals surface area contributed by atoms with Crippen LogP contribution in [0.4, 0.5) is 0 Å². The summed E-state index contributed by atoms with van der Waals surface area (Å²) in [5.74, 6) is 0.828. The van der Waals surface area contributed by atoms with Gasteiger partial charge in [0.25, 0.3) is 0 Å². The van der Waals surface area contributed by atoms with Gasteiger partial charge in [-0.15, -0.1) is 0 Å². The van der Waals surface area contributed by atoms with E-state index in [4.69, 9.17) is 4.74 Å². The summed E-state index contributed by atoms with van der Waals surface area (Å²) >= 11 is 0. The number of likely N-dealkylation sites (N-methyl/N-ethyl adjacent to an activating group) is 1. The first kappa shape index (κ1) is 14.5. The molecule has 0 bridgehead atoms. The Labute approximate surface area is 121 Å². The zero-order valence-corrected chi connectivity index (χ0v) is 12.4. The molecular formula is C17H22N2O. The van der Waals surface area contributed by atoms with Crippen molar-refractivity contribution in [2.75, 3.05) is 13.7 Å². The lowest BCUT2D eigenvalue weighted by atomic mass is 9.99. The molecule has 1 N–H and O–H groups in total. The Morgan fingerprint density at radius 1 is 1.25 bits per heavy atom. The number of aryl methyl sites for hydroxylation is 1. The van der Waals surface area contributed by atoms with Gasteiger partial charge >= 0.3 is 0 Å². The molecule has 3 nitrogen and oxygen atoms in total. The number of benzene rings is 1. The van der Waals surface area contributed by atoms with Crippen molar-refractivity contribution in [2.24, 2.45) is 0 Å². The van der Waals surface area contributed by atoms with Crippen LogP contribution in [0.3, 0.4) is 0 Å². The van der Waals surface area contributed by atoms with Crippen LogP contribution in [-0.2, 0) is 6.42 Å². The van der Waals surface area contributed by atoms with Gasteiger partial charge in [-0.3, -0.25) is 4.98 Å². The molecule has 1 atom stereocenters. The topological polar surface area (TPSA) is 34.1 Å². The summed E-state index contributed by atoms with van der Waals surface area (Å²) in [4.78, 5) is 4.27. The van der Waals surface area contributed by atoms with Crippen molar-refractivity contribution in [3.63, 3.8) is 0 Å². The van der Waals surface area contributed by atoms with Gasteiger partial charge in [-0.05, 0) is 44.5 Å². The average molecular weight is 270 g/mol. The smallest absolute Gasteiger partial charge is 0.137 e. The Morgan fingerprint density at radius 2 is 2.10 bits per heavy atom. The normalized spacial score (nSPS) is 12.2. The molecule has 2 rings (SSSR count). The van der Waals surface area contributed by atoms with Crippen molar-refractivity contribution in [1.82, 2.24) is 10.3 Å². The fraction of sp³-hybridized carbons (Fsp3) is 0.353. The molecule has 0 aliphatic heterocycles. The summed E-state index contributed by atoms with van der Waals surface area (Å²) in [5, 5.41) is 3.36. The van der Waals surface area contributed by atoms with Gasteiger partial charge in [-0.25, -0.2) is 0 Å². The van der Waals surface area contributed by atoms with Crippen LogP contribution in [0.5, 0.6) is 5.75 Å². The molecule has 0 aliphatic rings. The summed E-state index contributed by atoms with van der Waals surface area (Å²) in [6, 6.07) is 10.9. The maximum absolute atomic E-state index is 5.52. The summed E-state index contributed by atoms with van der Waals surface area (Å²) < 4.78 is 5.52. The quantitative estimate of drug-likeness (QED) is 0.874. The molecule has 3 heteroatoms. The zero-order valence-electron chi connectivity index (χ0n) is 12.4. The summed E-state index contributed by atoms with van der Waals surface area (Å²) in [6.45, 7) is 4.76. The Bertz CT molecular complexity index is 554. The van der Waals surface area contributed by atoms with Crippen LogP contribution in [0.1, 0.15) is 29.7 Å². The van der Waals surface area contributed by atoms with E-state index < -0.39 is 0 Å². The highest BCUT2D eigenvalue weighted by Gasteiger charge is 2.11. The van der Waals surface area contributed by atoms with Crippen LogP contribution < -0.4 is 10.1 Å². The third kappa shape index (κ3) is 3.81. The molecule has 20 heavy (non-hydrogen) atoms. The first-order valence-electron chi connectivity index (χ1n) is 7.03. The number of aromatic nitrogens is 1. The molecule has 106 valence electrons. The minimum absolute atomic E-state index is 0.240. The lowest BCUT2D eigenvalue weighted by Gasteiger charge is -2.17. The highest BCUT2D eigenvalue weighted by atomic mass is 16.5. The number of nitrogens with one attached hydrogen (secondary N) is 1. The van der Waals surface area contributed by atoms with Gasteiger partial charge in [-0.1, -0.05) is 29.8 Å². The Balaban J connectivity index is 2.17. The predicted octanol–water partition coefficient (Wildman–Crippen LogP) is 3.29. The Morgan fingerprint density at radius 3 is 2.80 bits per heavy atom. The second-order valence-corrected chi connectivity index (χ2v) is 4.92. The largest absolute Gasteiger partial charge is 0.492 e. The Kier molecular flexibility index (Phi) is 5.13. The van der Waals surface area contributed by atoms with Crippen molar-refractivity contribution in [3.05, 3.63) is 59.4 Å². The molecule has 0 saturated heterocycles. The van der Waals surface area contributed by atoms with Gasteiger partial charge in [-0.2, -0.15) is 0 Å². The molecule has 0 spiro atoms. The van der Waals surface area contributed by atoms with E-state index >= 15 is 0 Å². The van der Waals surface area contributed by atoms with Crippen molar-refractivity contribution in [2.45, 2.75) is 26.3 Å². The zero-order chi connectivity index (χ0) is 14.4. The third-order valence-corrected chi connectivity index (χ3v) is 3.32. The maximum Gasteiger partial charge on any atom is 0.137 e. The molecule has 1 aromatic heterocycles. The number of rotatable bonds is 6. The summed E-state index contributed by atoms with van der Waals surface area (Å²) in [7, 11) is 1.98. The molecule has 0 amide bonds. The number of hydrogen-bond acceptors (Lipinski definition) is 3. The monoisotopic (exact) mass is 270 g/mol. The van der Waals surface area contributed by atoms with E-state index in [0.29, 0.717) is 6.61 Å². The van der Waals surface area contributed by atoms with Crippen LogP contribution in [-0.4, -0.2) is 18.6 Å². The molecule has 0 fully saturated rings. The standard InChI is InChI=1S/C17H22N2O/c1-4-20-16-10-15(11-19-12-16)17(18-3)9-14-7-5-6-13(2)8-14/h5-8,10-12,17-18H,4,9H2,1-3H3. The molecule has 2 aromatic rings. The molecular weight excluding hydrogens is 248 g/mol. The Hall–Kier alpha value is -1.87. The average Bonchev–Trinajstić information content (AvgIpc) is 2.45. The number of ether oxygens (including phenoxy) is 1. The first-order chi connectivity index (χ1) is 9.72. The van der Waals surface area contributed by atoms with Gasteiger partial charge in [0.1, 0.15) is 5.75 Å². The fourth-order valence-corrected chi connectivity index (χ4v) is 2.33. The first-order valence-corrected chi connectivity index (χ1v) is 7.03. The molecule has 1 heterocycles. The molecule has 0 aliphatic carbocycles. The van der Waals surface area contributed by atoms with E-state index in [-0.39, 0.29) is 6.04 Å². The predicted molar refractivity (Wildman–Crippen MR) is 82.1 cm³/mol. The van der Waals surface area contributed by atoms with Crippen LogP contribution in [0.15, 0.2) is 42.7 Å². The van der Waals surface area contributed by atoms with Gasteiger partial charge in [0.05, 0.1) is 12.8 Å². The van der Waals surface area contributed by atoms with Crippen molar-refractivity contribution >= 4 is 0 Å². The van der Waals surface area contributed by atoms with Gasteiger partial charge in [0.15, 0.2) is 0 Å². The van der Waals surface area contributed by atoms with Gasteiger partial charge in [0.2, 0.25) is 0 Å². The summed E-state index contributed by atoms with van der Waals surface area (Å²) in [5.41, 5.74) is 3.77. The van der Waals surface area contributed by atoms with Crippen molar-refractivity contribution in [3.8, 4) is 5.75 Å². The highest BCUT2D eigenvalue weighted by molar-refractivity contribution is 5.29. The third-order valence-electron chi connectivity index (χ3n) is 3.32. The number of nitrogens with zero attached hydrogens (tertiary/aromatic N) is 1. The van der Waals surface area contributed by atoms with Crippen molar-refractivity contribution in [1.29, 1.82) is 0 Å². The lowest BCUT2D eigenvalue weighted by Crippen LogP contribution is -2.19. The molecule has 1 unspecified atom stereocenters. The van der Waals surface area contributed by atoms with Crippen LogP contribution in [0.2, 0.25) is 0 Å². The van der Waals surface area contributed by atoms with Crippen LogP contribution >= 0.6 is 0 Å². The molecule has 0 saturated carbocycles. The SMILES string of the molecule is CCOc1cncc(C(Cc2cccc(C)c2)NC)c1. The second kappa shape index (κ2) is 7.06. The minimum Gasteiger partial charge on any atom is -0.492 e. The number of hydrogen-bond donors (Lipinski definition) is 1. The van der Waals surface area contributed by atoms with Crippen LogP contribution in [0.25, 0.3) is 0 Å². The van der Waals surface area contributed by atoms with E-state index in [2.05, 4.69) is 47.6 Å². The van der Waals surface area contributed by atoms with E-state index in [1.807, 2.05) is 20.2 Å². The van der Waals surface area contributed by atoms with E-state index in [0.717, 1.165) is 17.7 Å². The fourth-order valence-electron chi connectivity index (χ4n) is 2.33. The summed E-state index contributed by atoms with van der Waals surface area (Å²) in [6.07, 6.45) is 4.60. The lowest BCUT2D eigenvalue weighted by molar-refractivity contribution is 0.338. The van der Waals surface area contributed by atoms with E-state index in [1.54, 1.807) is 6.20 Å². The molecule has 0 radical (unpaired) electrons. The van der Waals surface area contributed by atoms with Gasteiger partial charge in [0, 0.05) is 12.2 Å². The number of pyridine rings is 1. The van der Waals surface area contributed by atoms with E-state index in [1.165, 1.54) is 11.1 Å². The van der Waals surface area contributed by atoms with E-state index in [9.17, 15) is 0 Å². The van der Waals surface area contributed by atoms with Crippen LogP contribution in [0, 0.1) is 6.92 Å². The maximum atomic E-state index is 5.52. The highest BCUT2D eigenvalue weighted by Crippen LogP contribution is 2.21.